The van der Waals surface area contributed by atoms with E-state index < -0.39 is 10.0 Å². The summed E-state index contributed by atoms with van der Waals surface area (Å²) < 4.78 is 29.6. The number of nitrogens with zero attached hydrogens (tertiary/aromatic N) is 2. The minimum atomic E-state index is -3.64. The molecule has 0 spiro atoms. The molecule has 0 atom stereocenters. The number of imidazole rings is 1. The zero-order chi connectivity index (χ0) is 16.6. The van der Waals surface area contributed by atoms with Gasteiger partial charge in [0.2, 0.25) is 0 Å². The largest absolute Gasteiger partial charge is 0.305 e. The van der Waals surface area contributed by atoms with Crippen molar-refractivity contribution in [3.05, 3.63) is 60.0 Å². The van der Waals surface area contributed by atoms with E-state index in [1.807, 2.05) is 31.5 Å². The lowest BCUT2D eigenvalue weighted by molar-refractivity contribution is 0.601. The molecular weight excluding hydrogens is 310 g/mol. The van der Waals surface area contributed by atoms with E-state index in [1.165, 1.54) is 0 Å². The van der Waals surface area contributed by atoms with Crippen LogP contribution in [-0.4, -0.2) is 17.8 Å². The number of anilines is 1. The van der Waals surface area contributed by atoms with Crippen LogP contribution in [0.2, 0.25) is 0 Å². The molecule has 0 aliphatic carbocycles. The molecule has 0 aliphatic heterocycles. The molecule has 5 nitrogen and oxygen atoms in total. The third-order valence-corrected chi connectivity index (χ3v) is 5.09. The van der Waals surface area contributed by atoms with Gasteiger partial charge in [0.15, 0.2) is 5.65 Å². The van der Waals surface area contributed by atoms with Crippen LogP contribution in [0.3, 0.4) is 0 Å². The molecule has 0 unspecified atom stereocenters. The number of pyridine rings is 1. The standard InChI is InChI=1S/C17H19N3O2S/c1-12(2)14-6-8-15(9-7-14)23(21,22)19-16-5-4-10-20-11-13(3)18-17(16)20/h4-12,19H,1-3H3. The van der Waals surface area contributed by atoms with Crippen molar-refractivity contribution in [2.24, 2.45) is 0 Å². The Morgan fingerprint density at radius 3 is 2.48 bits per heavy atom. The lowest BCUT2D eigenvalue weighted by Crippen LogP contribution is -2.13. The first kappa shape index (κ1) is 15.6. The molecule has 0 bridgehead atoms. The quantitative estimate of drug-likeness (QED) is 0.796. The van der Waals surface area contributed by atoms with Gasteiger partial charge in [-0.15, -0.1) is 0 Å². The van der Waals surface area contributed by atoms with Gasteiger partial charge in [-0.2, -0.15) is 0 Å². The number of fused-ring (bicyclic) bond motifs is 1. The van der Waals surface area contributed by atoms with E-state index in [1.54, 1.807) is 28.7 Å². The molecule has 2 aromatic heterocycles. The Hall–Kier alpha value is -2.34. The molecule has 23 heavy (non-hydrogen) atoms. The van der Waals surface area contributed by atoms with E-state index in [9.17, 15) is 8.42 Å². The Morgan fingerprint density at radius 2 is 1.83 bits per heavy atom. The second kappa shape index (κ2) is 5.70. The van der Waals surface area contributed by atoms with Gasteiger partial charge in [0, 0.05) is 12.4 Å². The minimum Gasteiger partial charge on any atom is -0.305 e. The number of hydrogen-bond acceptors (Lipinski definition) is 3. The highest BCUT2D eigenvalue weighted by atomic mass is 32.2. The van der Waals surface area contributed by atoms with E-state index in [2.05, 4.69) is 23.6 Å². The summed E-state index contributed by atoms with van der Waals surface area (Å²) in [5.41, 5.74) is 2.99. The van der Waals surface area contributed by atoms with Gasteiger partial charge in [0.05, 0.1) is 16.3 Å². The van der Waals surface area contributed by atoms with Gasteiger partial charge in [-0.1, -0.05) is 26.0 Å². The van der Waals surface area contributed by atoms with Crippen molar-refractivity contribution in [3.63, 3.8) is 0 Å². The van der Waals surface area contributed by atoms with E-state index in [-0.39, 0.29) is 4.90 Å². The Bertz CT molecular complexity index is 942. The molecule has 1 aromatic carbocycles. The highest BCUT2D eigenvalue weighted by Crippen LogP contribution is 2.22. The predicted octanol–water partition coefficient (Wildman–Crippen LogP) is 3.57. The van der Waals surface area contributed by atoms with Gasteiger partial charge in [-0.05, 0) is 42.7 Å². The van der Waals surface area contributed by atoms with Crippen molar-refractivity contribution in [1.82, 2.24) is 9.38 Å². The number of aryl methyl sites for hydroxylation is 1. The predicted molar refractivity (Wildman–Crippen MR) is 91.3 cm³/mol. The highest BCUT2D eigenvalue weighted by Gasteiger charge is 2.16. The van der Waals surface area contributed by atoms with Crippen molar-refractivity contribution in [1.29, 1.82) is 0 Å². The number of hydrogen-bond donors (Lipinski definition) is 1. The van der Waals surface area contributed by atoms with Gasteiger partial charge >= 0.3 is 0 Å². The maximum atomic E-state index is 12.6. The third kappa shape index (κ3) is 3.07. The first-order valence-electron chi connectivity index (χ1n) is 7.44. The van der Waals surface area contributed by atoms with E-state index in [4.69, 9.17) is 0 Å². The highest BCUT2D eigenvalue weighted by molar-refractivity contribution is 7.92. The lowest BCUT2D eigenvalue weighted by Gasteiger charge is -2.10. The summed E-state index contributed by atoms with van der Waals surface area (Å²) in [6.45, 7) is 6.02. The summed E-state index contributed by atoms with van der Waals surface area (Å²) in [4.78, 5) is 4.61. The fraction of sp³-hybridized carbons (Fsp3) is 0.235. The molecule has 0 saturated heterocycles. The Balaban J connectivity index is 1.96. The summed E-state index contributed by atoms with van der Waals surface area (Å²) in [6, 6.07) is 10.5. The monoisotopic (exact) mass is 329 g/mol. The Kier molecular flexibility index (Phi) is 3.85. The van der Waals surface area contributed by atoms with Crippen molar-refractivity contribution in [2.75, 3.05) is 4.72 Å². The molecular formula is C17H19N3O2S. The lowest BCUT2D eigenvalue weighted by atomic mass is 10.0. The summed E-state index contributed by atoms with van der Waals surface area (Å²) in [6.07, 6.45) is 3.69. The van der Waals surface area contributed by atoms with Crippen LogP contribution in [0.15, 0.2) is 53.7 Å². The average molecular weight is 329 g/mol. The summed E-state index contributed by atoms with van der Waals surface area (Å²) in [7, 11) is -3.64. The van der Waals surface area contributed by atoms with Crippen molar-refractivity contribution < 1.29 is 8.42 Å². The second-order valence-corrected chi connectivity index (χ2v) is 7.55. The van der Waals surface area contributed by atoms with Gasteiger partial charge in [0.1, 0.15) is 0 Å². The molecule has 0 aliphatic rings. The molecule has 3 aromatic rings. The number of nitrogens with one attached hydrogen (secondary N) is 1. The first-order chi connectivity index (χ1) is 10.9. The SMILES string of the molecule is Cc1cn2cccc(NS(=O)(=O)c3ccc(C(C)C)cc3)c2n1. The topological polar surface area (TPSA) is 63.5 Å². The van der Waals surface area contributed by atoms with Crippen molar-refractivity contribution in [3.8, 4) is 0 Å². The maximum Gasteiger partial charge on any atom is 0.262 e. The number of benzene rings is 1. The summed E-state index contributed by atoms with van der Waals surface area (Å²) in [5, 5.41) is 0. The molecule has 0 fully saturated rings. The zero-order valence-corrected chi connectivity index (χ0v) is 14.1. The molecule has 1 N–H and O–H groups in total. The summed E-state index contributed by atoms with van der Waals surface area (Å²) >= 11 is 0. The fourth-order valence-electron chi connectivity index (χ4n) is 2.45. The van der Waals surface area contributed by atoms with Crippen LogP contribution in [0.5, 0.6) is 0 Å². The molecule has 120 valence electrons. The van der Waals surface area contributed by atoms with Crippen LogP contribution < -0.4 is 4.72 Å². The summed E-state index contributed by atoms with van der Waals surface area (Å²) in [5.74, 6) is 0.362. The number of aromatic nitrogens is 2. The average Bonchev–Trinajstić information content (AvgIpc) is 2.88. The smallest absolute Gasteiger partial charge is 0.262 e. The second-order valence-electron chi connectivity index (χ2n) is 5.86. The van der Waals surface area contributed by atoms with Gasteiger partial charge in [0.25, 0.3) is 10.0 Å². The zero-order valence-electron chi connectivity index (χ0n) is 13.3. The minimum absolute atomic E-state index is 0.243. The van der Waals surface area contributed by atoms with E-state index in [0.717, 1.165) is 11.3 Å². The maximum absolute atomic E-state index is 12.6. The van der Waals surface area contributed by atoms with Crippen molar-refractivity contribution in [2.45, 2.75) is 31.6 Å². The van der Waals surface area contributed by atoms with Crippen molar-refractivity contribution >= 4 is 21.4 Å². The molecule has 0 amide bonds. The Morgan fingerprint density at radius 1 is 1.13 bits per heavy atom. The van der Waals surface area contributed by atoms with E-state index >= 15 is 0 Å². The molecule has 3 rings (SSSR count). The van der Waals surface area contributed by atoms with Crippen LogP contribution in [0.25, 0.3) is 5.65 Å². The van der Waals surface area contributed by atoms with Crippen LogP contribution in [-0.2, 0) is 10.0 Å². The molecule has 6 heteroatoms. The first-order valence-corrected chi connectivity index (χ1v) is 8.92. The van der Waals surface area contributed by atoms with Crippen LogP contribution in [0.4, 0.5) is 5.69 Å². The van der Waals surface area contributed by atoms with Gasteiger partial charge in [-0.25, -0.2) is 13.4 Å². The van der Waals surface area contributed by atoms with Crippen LogP contribution in [0, 0.1) is 6.92 Å². The van der Waals surface area contributed by atoms with Gasteiger partial charge in [-0.3, -0.25) is 4.72 Å². The van der Waals surface area contributed by atoms with E-state index in [0.29, 0.717) is 17.3 Å². The fourth-order valence-corrected chi connectivity index (χ4v) is 3.51. The van der Waals surface area contributed by atoms with Crippen LogP contribution >= 0.6 is 0 Å². The normalized spacial score (nSPS) is 12.0. The van der Waals surface area contributed by atoms with Crippen LogP contribution in [0.1, 0.15) is 31.0 Å². The number of sulfonamides is 1. The molecule has 2 heterocycles. The van der Waals surface area contributed by atoms with Gasteiger partial charge < -0.3 is 4.40 Å². The third-order valence-electron chi connectivity index (χ3n) is 3.70. The number of rotatable bonds is 4. The molecule has 0 radical (unpaired) electrons. The molecule has 0 saturated carbocycles. The Labute approximate surface area is 136 Å².